The molecule has 1 amide bonds. The molecule has 1 aliphatic rings. The summed E-state index contributed by atoms with van der Waals surface area (Å²) in [7, 11) is 3.27. The second kappa shape index (κ2) is 13.3. The number of aromatic nitrogens is 1. The molecule has 2 aromatic carbocycles. The maximum Gasteiger partial charge on any atom is 0.261 e. The molecule has 2 heterocycles. The topological polar surface area (TPSA) is 64.1 Å². The highest BCUT2D eigenvalue weighted by Crippen LogP contribution is 2.40. The van der Waals surface area contributed by atoms with Gasteiger partial charge in [0, 0.05) is 31.1 Å². The fourth-order valence-electron chi connectivity index (χ4n) is 4.02. The molecular weight excluding hydrogens is 506 g/mol. The van der Waals surface area contributed by atoms with Crippen molar-refractivity contribution in [3.8, 4) is 11.5 Å². The number of hydrogen-bond acceptors (Lipinski definition) is 8. The van der Waals surface area contributed by atoms with E-state index in [-0.39, 0.29) is 18.3 Å². The van der Waals surface area contributed by atoms with E-state index in [0.717, 1.165) is 60.4 Å². The third-order valence-corrected chi connectivity index (χ3v) is 7.80. The highest BCUT2D eigenvalue weighted by Gasteiger charge is 2.25. The lowest BCUT2D eigenvalue weighted by Crippen LogP contribution is -2.39. The number of carbonyl (C=O) groups is 1. The second-order valence-corrected chi connectivity index (χ2v) is 10.1. The molecule has 0 N–H and O–H groups in total. The number of thioether (sulfide) groups is 1. The van der Waals surface area contributed by atoms with Gasteiger partial charge in [-0.1, -0.05) is 30.4 Å². The molecule has 0 radical (unpaired) electrons. The summed E-state index contributed by atoms with van der Waals surface area (Å²) in [5.41, 5.74) is 1.42. The molecule has 1 saturated heterocycles. The zero-order chi connectivity index (χ0) is 23.9. The number of amides is 1. The van der Waals surface area contributed by atoms with E-state index in [4.69, 9.17) is 19.2 Å². The van der Waals surface area contributed by atoms with Crippen molar-refractivity contribution in [2.24, 2.45) is 0 Å². The van der Waals surface area contributed by atoms with E-state index in [2.05, 4.69) is 11.8 Å². The van der Waals surface area contributed by atoms with Crippen molar-refractivity contribution in [3.05, 3.63) is 42.0 Å². The van der Waals surface area contributed by atoms with Gasteiger partial charge in [0.1, 0.15) is 21.7 Å². The molecule has 1 fully saturated rings. The van der Waals surface area contributed by atoms with E-state index in [9.17, 15) is 4.79 Å². The minimum absolute atomic E-state index is 0. The lowest BCUT2D eigenvalue weighted by molar-refractivity contribution is 0.0376. The van der Waals surface area contributed by atoms with Crippen LogP contribution in [0.2, 0.25) is 0 Å². The predicted molar refractivity (Wildman–Crippen MR) is 146 cm³/mol. The first kappa shape index (κ1) is 27.5. The Hall–Kier alpha value is -2.04. The Bertz CT molecular complexity index is 1080. The maximum atomic E-state index is 13.9. The third kappa shape index (κ3) is 6.40. The fourth-order valence-corrected chi connectivity index (χ4v) is 5.92. The summed E-state index contributed by atoms with van der Waals surface area (Å²) in [5.74, 6) is 2.26. The summed E-state index contributed by atoms with van der Waals surface area (Å²) >= 11 is 3.14. The van der Waals surface area contributed by atoms with E-state index in [1.54, 1.807) is 26.0 Å². The van der Waals surface area contributed by atoms with Crippen molar-refractivity contribution in [1.29, 1.82) is 0 Å². The molecule has 10 heteroatoms. The SMILES string of the molecule is CCSc1ccccc1C(=O)N(CCCN1CCOCC1)c1nc2c(OC)ccc(OC)c2s1.Cl. The molecule has 190 valence electrons. The molecule has 0 unspecified atom stereocenters. The van der Waals surface area contributed by atoms with Gasteiger partial charge in [-0.3, -0.25) is 14.6 Å². The highest BCUT2D eigenvalue weighted by molar-refractivity contribution is 7.99. The number of hydrogen-bond donors (Lipinski definition) is 0. The van der Waals surface area contributed by atoms with Crippen molar-refractivity contribution in [3.63, 3.8) is 0 Å². The van der Waals surface area contributed by atoms with Crippen molar-refractivity contribution in [2.45, 2.75) is 18.2 Å². The van der Waals surface area contributed by atoms with Crippen LogP contribution in [-0.2, 0) is 4.74 Å². The van der Waals surface area contributed by atoms with Crippen molar-refractivity contribution in [1.82, 2.24) is 9.88 Å². The molecule has 3 aromatic rings. The van der Waals surface area contributed by atoms with Gasteiger partial charge in [-0.05, 0) is 36.4 Å². The van der Waals surface area contributed by atoms with Crippen LogP contribution in [0.15, 0.2) is 41.3 Å². The van der Waals surface area contributed by atoms with E-state index in [1.165, 1.54) is 11.3 Å². The van der Waals surface area contributed by atoms with Gasteiger partial charge in [0.15, 0.2) is 5.13 Å². The molecule has 7 nitrogen and oxygen atoms in total. The van der Waals surface area contributed by atoms with Gasteiger partial charge < -0.3 is 14.2 Å². The van der Waals surface area contributed by atoms with Crippen molar-refractivity contribution >= 4 is 56.8 Å². The summed E-state index contributed by atoms with van der Waals surface area (Å²) in [4.78, 5) is 23.9. The Morgan fingerprint density at radius 1 is 1.14 bits per heavy atom. The Morgan fingerprint density at radius 3 is 2.57 bits per heavy atom. The van der Waals surface area contributed by atoms with Gasteiger partial charge >= 0.3 is 0 Å². The van der Waals surface area contributed by atoms with E-state index in [1.807, 2.05) is 41.3 Å². The highest BCUT2D eigenvalue weighted by atomic mass is 35.5. The van der Waals surface area contributed by atoms with Gasteiger partial charge in [0.05, 0.1) is 33.0 Å². The number of halogens is 1. The summed E-state index contributed by atoms with van der Waals surface area (Å²) in [6.07, 6.45) is 0.846. The van der Waals surface area contributed by atoms with Crippen LogP contribution >= 0.6 is 35.5 Å². The summed E-state index contributed by atoms with van der Waals surface area (Å²) < 4.78 is 17.4. The minimum Gasteiger partial charge on any atom is -0.495 e. The first-order valence-corrected chi connectivity index (χ1v) is 13.3. The van der Waals surface area contributed by atoms with E-state index < -0.39 is 0 Å². The molecule has 1 aromatic heterocycles. The van der Waals surface area contributed by atoms with E-state index in [0.29, 0.717) is 28.5 Å². The van der Waals surface area contributed by atoms with Crippen LogP contribution in [0.4, 0.5) is 5.13 Å². The normalized spacial score (nSPS) is 13.9. The standard InChI is InChI=1S/C25H31N3O4S2.ClH/c1-4-33-21-9-6-5-8-18(21)24(29)28(13-7-12-27-14-16-32-17-15-27)25-26-22-19(30-2)10-11-20(31-3)23(22)34-25;/h5-6,8-11H,4,7,12-17H2,1-3H3;1H. The third-order valence-electron chi connectivity index (χ3n) is 5.75. The number of rotatable bonds is 10. The Morgan fingerprint density at radius 2 is 1.86 bits per heavy atom. The number of methoxy groups -OCH3 is 2. The first-order valence-electron chi connectivity index (χ1n) is 11.5. The predicted octanol–water partition coefficient (Wildman–Crippen LogP) is 5.22. The largest absolute Gasteiger partial charge is 0.495 e. The van der Waals surface area contributed by atoms with Crippen LogP contribution in [0.1, 0.15) is 23.7 Å². The average Bonchev–Trinajstić information content (AvgIpc) is 3.32. The zero-order valence-corrected chi connectivity index (χ0v) is 22.8. The second-order valence-electron chi connectivity index (χ2n) is 7.84. The molecular formula is C25H32ClN3O4S2. The summed E-state index contributed by atoms with van der Waals surface area (Å²) in [5, 5.41) is 0.654. The van der Waals surface area contributed by atoms with Crippen LogP contribution in [-0.4, -0.2) is 75.2 Å². The number of nitrogens with zero attached hydrogens (tertiary/aromatic N) is 3. The number of morpholine rings is 1. The van der Waals surface area contributed by atoms with Crippen LogP contribution in [0, 0.1) is 0 Å². The van der Waals surface area contributed by atoms with Crippen LogP contribution in [0.5, 0.6) is 11.5 Å². The van der Waals surface area contributed by atoms with Gasteiger partial charge in [-0.15, -0.1) is 24.2 Å². The zero-order valence-electron chi connectivity index (χ0n) is 20.3. The smallest absolute Gasteiger partial charge is 0.261 e. The van der Waals surface area contributed by atoms with Gasteiger partial charge in [0.2, 0.25) is 0 Å². The van der Waals surface area contributed by atoms with Crippen molar-refractivity contribution < 1.29 is 19.0 Å². The molecule has 4 rings (SSSR count). The molecule has 0 aliphatic carbocycles. The summed E-state index contributed by atoms with van der Waals surface area (Å²) in [6, 6.07) is 11.5. The number of carbonyl (C=O) groups excluding carboxylic acids is 1. The minimum atomic E-state index is -0.0319. The summed E-state index contributed by atoms with van der Waals surface area (Å²) in [6.45, 7) is 6.97. The van der Waals surface area contributed by atoms with E-state index >= 15 is 0 Å². The molecule has 0 atom stereocenters. The number of thiazole rings is 1. The number of benzene rings is 2. The molecule has 0 bridgehead atoms. The van der Waals surface area contributed by atoms with Crippen LogP contribution in [0.3, 0.4) is 0 Å². The van der Waals surface area contributed by atoms with Gasteiger partial charge in [-0.2, -0.15) is 0 Å². The lowest BCUT2D eigenvalue weighted by atomic mass is 10.2. The van der Waals surface area contributed by atoms with Gasteiger partial charge in [0.25, 0.3) is 5.91 Å². The maximum absolute atomic E-state index is 13.9. The number of fused-ring (bicyclic) bond motifs is 1. The molecule has 0 saturated carbocycles. The van der Waals surface area contributed by atoms with Crippen LogP contribution < -0.4 is 14.4 Å². The van der Waals surface area contributed by atoms with Crippen LogP contribution in [0.25, 0.3) is 10.2 Å². The quantitative estimate of drug-likeness (QED) is 0.329. The molecule has 35 heavy (non-hydrogen) atoms. The fraction of sp³-hybridized carbons (Fsp3) is 0.440. The molecule has 1 aliphatic heterocycles. The lowest BCUT2D eigenvalue weighted by Gasteiger charge is -2.28. The Labute approximate surface area is 221 Å². The number of ether oxygens (including phenoxy) is 3. The monoisotopic (exact) mass is 537 g/mol. The van der Waals surface area contributed by atoms with Gasteiger partial charge in [-0.25, -0.2) is 4.98 Å². The average molecular weight is 538 g/mol. The first-order chi connectivity index (χ1) is 16.7. The molecule has 0 spiro atoms. The Balaban J connectivity index is 0.00000342. The number of anilines is 1. The van der Waals surface area contributed by atoms with Crippen molar-refractivity contribution in [2.75, 3.05) is 64.3 Å². The Kier molecular flexibility index (Phi) is 10.5.